The molecule has 3 nitrogen and oxygen atoms in total. The molecule has 0 radical (unpaired) electrons. The monoisotopic (exact) mass is 113 g/mol. The molecule has 0 bridgehead atoms. The summed E-state index contributed by atoms with van der Waals surface area (Å²) in [4.78, 5) is 0. The SMILES string of the molecule is CN.Cc1ccn[nH]1. The highest BCUT2D eigenvalue weighted by Gasteiger charge is 1.73. The Morgan fingerprint density at radius 1 is 1.62 bits per heavy atom. The largest absolute Gasteiger partial charge is 0.333 e. The number of aromatic amines is 1. The van der Waals surface area contributed by atoms with Crippen LogP contribution in [0, 0.1) is 6.92 Å². The van der Waals surface area contributed by atoms with Crippen molar-refractivity contribution in [3.05, 3.63) is 18.0 Å². The zero-order valence-electron chi connectivity index (χ0n) is 5.18. The summed E-state index contributed by atoms with van der Waals surface area (Å²) in [6.07, 6.45) is 1.73. The molecule has 0 unspecified atom stereocenters. The van der Waals surface area contributed by atoms with Crippen molar-refractivity contribution in [2.75, 3.05) is 7.05 Å². The van der Waals surface area contributed by atoms with Gasteiger partial charge in [-0.2, -0.15) is 5.10 Å². The third kappa shape index (κ3) is 2.36. The molecule has 0 fully saturated rings. The van der Waals surface area contributed by atoms with E-state index >= 15 is 0 Å². The van der Waals surface area contributed by atoms with E-state index in [0.29, 0.717) is 0 Å². The van der Waals surface area contributed by atoms with Crippen LogP contribution in [-0.2, 0) is 0 Å². The highest BCUT2D eigenvalue weighted by Crippen LogP contribution is 1.82. The Hall–Kier alpha value is -0.830. The fraction of sp³-hybridized carbons (Fsp3) is 0.400. The molecule has 1 heterocycles. The summed E-state index contributed by atoms with van der Waals surface area (Å²) in [5, 5.41) is 6.45. The minimum atomic E-state index is 1.11. The molecule has 3 N–H and O–H groups in total. The lowest BCUT2D eigenvalue weighted by atomic mass is 10.5. The zero-order valence-corrected chi connectivity index (χ0v) is 5.18. The Morgan fingerprint density at radius 2 is 2.25 bits per heavy atom. The Morgan fingerprint density at radius 3 is 2.38 bits per heavy atom. The van der Waals surface area contributed by atoms with Gasteiger partial charge in [0.2, 0.25) is 0 Å². The van der Waals surface area contributed by atoms with E-state index in [1.54, 1.807) is 6.20 Å². The maximum Gasteiger partial charge on any atom is 0.0489 e. The van der Waals surface area contributed by atoms with E-state index in [1.807, 2.05) is 13.0 Å². The smallest absolute Gasteiger partial charge is 0.0489 e. The topological polar surface area (TPSA) is 54.7 Å². The van der Waals surface area contributed by atoms with Gasteiger partial charge in [-0.15, -0.1) is 0 Å². The number of H-pyrrole nitrogens is 1. The average molecular weight is 113 g/mol. The molecule has 1 aromatic heterocycles. The predicted molar refractivity (Wildman–Crippen MR) is 33.4 cm³/mol. The molecular formula is C5H11N3. The van der Waals surface area contributed by atoms with Crippen molar-refractivity contribution in [1.82, 2.24) is 10.2 Å². The van der Waals surface area contributed by atoms with Gasteiger partial charge in [0.05, 0.1) is 0 Å². The first-order chi connectivity index (χ1) is 3.89. The molecule has 0 aliphatic rings. The van der Waals surface area contributed by atoms with Gasteiger partial charge in [0.25, 0.3) is 0 Å². The standard InChI is InChI=1S/C4H6N2.CH5N/c1-4-2-3-5-6-4;1-2/h2-3H,1H3,(H,5,6);2H2,1H3. The van der Waals surface area contributed by atoms with Crippen LogP contribution in [0.15, 0.2) is 12.3 Å². The van der Waals surface area contributed by atoms with E-state index in [1.165, 1.54) is 7.05 Å². The van der Waals surface area contributed by atoms with E-state index in [2.05, 4.69) is 15.9 Å². The predicted octanol–water partition coefficient (Wildman–Crippen LogP) is 0.293. The summed E-state index contributed by atoms with van der Waals surface area (Å²) < 4.78 is 0. The zero-order chi connectivity index (χ0) is 6.41. The lowest BCUT2D eigenvalue weighted by Crippen LogP contribution is -1.69. The second-order valence-electron chi connectivity index (χ2n) is 1.24. The van der Waals surface area contributed by atoms with E-state index in [-0.39, 0.29) is 0 Å². The first kappa shape index (κ1) is 7.17. The number of nitrogens with one attached hydrogen (secondary N) is 1. The molecule has 0 aromatic carbocycles. The summed E-state index contributed by atoms with van der Waals surface area (Å²) in [6.45, 7) is 1.97. The Kier molecular flexibility index (Phi) is 3.88. The summed E-state index contributed by atoms with van der Waals surface area (Å²) in [7, 11) is 1.50. The molecule has 1 aromatic rings. The van der Waals surface area contributed by atoms with E-state index in [0.717, 1.165) is 5.69 Å². The number of rotatable bonds is 0. The maximum absolute atomic E-state index is 4.50. The molecule has 8 heavy (non-hydrogen) atoms. The van der Waals surface area contributed by atoms with Crippen molar-refractivity contribution in [3.63, 3.8) is 0 Å². The lowest BCUT2D eigenvalue weighted by Gasteiger charge is -1.68. The summed E-state index contributed by atoms with van der Waals surface area (Å²) >= 11 is 0. The van der Waals surface area contributed by atoms with E-state index in [9.17, 15) is 0 Å². The molecule has 0 saturated heterocycles. The summed E-state index contributed by atoms with van der Waals surface area (Å²) in [5.74, 6) is 0. The quantitative estimate of drug-likeness (QED) is 0.508. The van der Waals surface area contributed by atoms with E-state index in [4.69, 9.17) is 0 Å². The van der Waals surface area contributed by atoms with Crippen molar-refractivity contribution < 1.29 is 0 Å². The molecule has 0 amide bonds. The van der Waals surface area contributed by atoms with Gasteiger partial charge in [0.1, 0.15) is 0 Å². The maximum atomic E-state index is 4.50. The second-order valence-corrected chi connectivity index (χ2v) is 1.24. The van der Waals surface area contributed by atoms with Crippen LogP contribution in [0.2, 0.25) is 0 Å². The van der Waals surface area contributed by atoms with Crippen molar-refractivity contribution in [1.29, 1.82) is 0 Å². The van der Waals surface area contributed by atoms with E-state index < -0.39 is 0 Å². The van der Waals surface area contributed by atoms with Gasteiger partial charge in [-0.1, -0.05) is 0 Å². The number of aryl methyl sites for hydroxylation is 1. The molecule has 0 atom stereocenters. The van der Waals surface area contributed by atoms with Gasteiger partial charge in [0, 0.05) is 11.9 Å². The Bertz CT molecular complexity index is 111. The molecule has 1 rings (SSSR count). The van der Waals surface area contributed by atoms with Gasteiger partial charge < -0.3 is 5.73 Å². The van der Waals surface area contributed by atoms with Crippen LogP contribution in [0.1, 0.15) is 5.69 Å². The van der Waals surface area contributed by atoms with Crippen LogP contribution in [-0.4, -0.2) is 17.2 Å². The molecule has 0 aliphatic heterocycles. The van der Waals surface area contributed by atoms with Gasteiger partial charge in [-0.05, 0) is 20.0 Å². The summed E-state index contributed by atoms with van der Waals surface area (Å²) in [5.41, 5.74) is 5.61. The van der Waals surface area contributed by atoms with Crippen LogP contribution in [0.5, 0.6) is 0 Å². The number of hydrogen-bond acceptors (Lipinski definition) is 2. The fourth-order valence-corrected chi connectivity index (χ4v) is 0.325. The fourth-order valence-electron chi connectivity index (χ4n) is 0.325. The highest BCUT2D eigenvalue weighted by atomic mass is 15.1. The van der Waals surface area contributed by atoms with Gasteiger partial charge in [-0.25, -0.2) is 0 Å². The van der Waals surface area contributed by atoms with Crippen molar-refractivity contribution >= 4 is 0 Å². The van der Waals surface area contributed by atoms with Gasteiger partial charge >= 0.3 is 0 Å². The third-order valence-corrected chi connectivity index (χ3v) is 0.640. The van der Waals surface area contributed by atoms with Crippen molar-refractivity contribution in [3.8, 4) is 0 Å². The third-order valence-electron chi connectivity index (χ3n) is 0.640. The number of hydrogen-bond donors (Lipinski definition) is 2. The van der Waals surface area contributed by atoms with Crippen molar-refractivity contribution in [2.45, 2.75) is 6.92 Å². The highest BCUT2D eigenvalue weighted by molar-refractivity contribution is 4.91. The number of nitrogens with two attached hydrogens (primary N) is 1. The van der Waals surface area contributed by atoms with Crippen LogP contribution in [0.25, 0.3) is 0 Å². The lowest BCUT2D eigenvalue weighted by molar-refractivity contribution is 1.05. The van der Waals surface area contributed by atoms with Crippen LogP contribution in [0.3, 0.4) is 0 Å². The van der Waals surface area contributed by atoms with Crippen LogP contribution >= 0.6 is 0 Å². The second kappa shape index (κ2) is 4.33. The van der Waals surface area contributed by atoms with Crippen LogP contribution < -0.4 is 5.73 Å². The summed E-state index contributed by atoms with van der Waals surface area (Å²) in [6, 6.07) is 1.92. The first-order valence-electron chi connectivity index (χ1n) is 2.43. The molecule has 3 heteroatoms. The Labute approximate surface area is 48.9 Å². The molecule has 0 aliphatic carbocycles. The molecule has 0 spiro atoms. The average Bonchev–Trinajstić information content (AvgIpc) is 2.24. The normalized spacial score (nSPS) is 7.38. The van der Waals surface area contributed by atoms with Gasteiger partial charge in [0.15, 0.2) is 0 Å². The van der Waals surface area contributed by atoms with Gasteiger partial charge in [-0.3, -0.25) is 5.10 Å². The minimum absolute atomic E-state index is 1.11. The van der Waals surface area contributed by atoms with Crippen LogP contribution in [0.4, 0.5) is 0 Å². The molecule has 0 saturated carbocycles. The molecular weight excluding hydrogens is 102 g/mol. The minimum Gasteiger partial charge on any atom is -0.333 e. The number of aromatic nitrogens is 2. The number of nitrogens with zero attached hydrogens (tertiary/aromatic N) is 1. The first-order valence-corrected chi connectivity index (χ1v) is 2.43. The Balaban J connectivity index is 0.000000222. The molecule has 46 valence electrons. The van der Waals surface area contributed by atoms with Crippen molar-refractivity contribution in [2.24, 2.45) is 5.73 Å².